The number of imidazole rings is 1. The Labute approximate surface area is 171 Å². The van der Waals surface area contributed by atoms with Crippen molar-refractivity contribution in [3.63, 3.8) is 0 Å². The van der Waals surface area contributed by atoms with E-state index >= 15 is 0 Å². The van der Waals surface area contributed by atoms with Gasteiger partial charge in [-0.15, -0.1) is 16.4 Å². The van der Waals surface area contributed by atoms with Crippen LogP contribution in [0.25, 0.3) is 11.0 Å². The number of aryl methyl sites for hydroxylation is 2. The van der Waals surface area contributed by atoms with Crippen molar-refractivity contribution in [1.82, 2.24) is 19.7 Å². The van der Waals surface area contributed by atoms with Crippen LogP contribution in [-0.4, -0.2) is 19.7 Å². The van der Waals surface area contributed by atoms with Gasteiger partial charge >= 0.3 is 0 Å². The van der Waals surface area contributed by atoms with E-state index in [1.807, 2.05) is 31.5 Å². The number of benzene rings is 1. The topological polar surface area (TPSA) is 106 Å². The molecule has 1 aromatic carbocycles. The fourth-order valence-electron chi connectivity index (χ4n) is 3.85. The second kappa shape index (κ2) is 6.50. The number of thiophene rings is 1. The predicted octanol–water partition coefficient (Wildman–Crippen LogP) is 3.70. The average Bonchev–Trinajstić information content (AvgIpc) is 3.40. The molecule has 29 heavy (non-hydrogen) atoms. The molecule has 4 heterocycles. The van der Waals surface area contributed by atoms with Gasteiger partial charge in [0.15, 0.2) is 0 Å². The summed E-state index contributed by atoms with van der Waals surface area (Å²) in [7, 11) is 0. The number of H-pyrrole nitrogens is 1. The Bertz CT molecular complexity index is 1320. The van der Waals surface area contributed by atoms with Crippen LogP contribution in [0.4, 0.5) is 0 Å². The van der Waals surface area contributed by atoms with Gasteiger partial charge in [0.25, 0.3) is 0 Å². The molecule has 144 valence electrons. The van der Waals surface area contributed by atoms with E-state index in [4.69, 9.17) is 10.5 Å². The Balaban J connectivity index is 1.58. The molecule has 3 aromatic heterocycles. The molecule has 1 atom stereocenters. The Morgan fingerprint density at radius 1 is 1.34 bits per heavy atom. The van der Waals surface area contributed by atoms with E-state index in [2.05, 4.69) is 44.9 Å². The Morgan fingerprint density at radius 3 is 3.00 bits per heavy atom. The molecule has 5 rings (SSSR count). The van der Waals surface area contributed by atoms with Crippen molar-refractivity contribution in [2.45, 2.75) is 26.3 Å². The van der Waals surface area contributed by atoms with Crippen LogP contribution in [0.5, 0.6) is 5.88 Å². The van der Waals surface area contributed by atoms with Gasteiger partial charge < -0.3 is 15.0 Å². The molecule has 0 bridgehead atoms. The molecule has 1 aliphatic heterocycles. The van der Waals surface area contributed by atoms with Gasteiger partial charge in [0.1, 0.15) is 11.6 Å². The molecule has 8 heteroatoms. The number of fused-ring (bicyclic) bond motifs is 2. The zero-order valence-corrected chi connectivity index (χ0v) is 16.7. The number of nitrogens with one attached hydrogen (secondary N) is 1. The molecule has 0 fully saturated rings. The van der Waals surface area contributed by atoms with Gasteiger partial charge in [-0.25, -0.2) is 4.98 Å². The van der Waals surface area contributed by atoms with Gasteiger partial charge in [0.05, 0.1) is 35.4 Å². The third kappa shape index (κ3) is 2.70. The minimum atomic E-state index is -0.278. The van der Waals surface area contributed by atoms with Crippen molar-refractivity contribution < 1.29 is 4.74 Å². The van der Waals surface area contributed by atoms with Crippen LogP contribution in [0.1, 0.15) is 32.5 Å². The summed E-state index contributed by atoms with van der Waals surface area (Å²) in [6, 6.07) is 12.5. The fourth-order valence-corrected chi connectivity index (χ4v) is 5.01. The van der Waals surface area contributed by atoms with E-state index in [0.29, 0.717) is 18.0 Å². The Hall–Kier alpha value is -3.57. The van der Waals surface area contributed by atoms with Gasteiger partial charge in [0, 0.05) is 15.4 Å². The third-order valence-electron chi connectivity index (χ3n) is 5.32. The molecule has 7 nitrogen and oxygen atoms in total. The van der Waals surface area contributed by atoms with E-state index in [9.17, 15) is 5.26 Å². The number of aromatic nitrogens is 4. The molecule has 1 aliphatic rings. The summed E-state index contributed by atoms with van der Waals surface area (Å²) in [5, 5.41) is 16.9. The highest BCUT2D eigenvalue weighted by Crippen LogP contribution is 2.45. The lowest BCUT2D eigenvalue weighted by Crippen LogP contribution is -2.20. The van der Waals surface area contributed by atoms with Gasteiger partial charge in [-0.1, -0.05) is 12.1 Å². The van der Waals surface area contributed by atoms with E-state index in [-0.39, 0.29) is 11.8 Å². The lowest BCUT2D eigenvalue weighted by molar-refractivity contribution is 0.379. The van der Waals surface area contributed by atoms with E-state index in [1.165, 1.54) is 10.4 Å². The maximum Gasteiger partial charge on any atom is 0.244 e. The molecule has 0 saturated carbocycles. The third-order valence-corrected chi connectivity index (χ3v) is 6.48. The van der Waals surface area contributed by atoms with Crippen LogP contribution in [-0.2, 0) is 6.54 Å². The van der Waals surface area contributed by atoms with E-state index in [0.717, 1.165) is 27.2 Å². The first-order chi connectivity index (χ1) is 14.1. The van der Waals surface area contributed by atoms with E-state index < -0.39 is 0 Å². The van der Waals surface area contributed by atoms with Crippen molar-refractivity contribution in [3.05, 3.63) is 74.7 Å². The first-order valence-corrected chi connectivity index (χ1v) is 10.00. The highest BCUT2D eigenvalue weighted by atomic mass is 32.1. The Morgan fingerprint density at radius 2 is 2.17 bits per heavy atom. The van der Waals surface area contributed by atoms with Crippen molar-refractivity contribution >= 4 is 22.4 Å². The number of nitriles is 1. The normalized spacial score (nSPS) is 16.0. The summed E-state index contributed by atoms with van der Waals surface area (Å²) in [5.41, 5.74) is 11.5. The summed E-state index contributed by atoms with van der Waals surface area (Å²) >= 11 is 1.67. The second-order valence-electron chi connectivity index (χ2n) is 7.08. The number of aromatic amines is 1. The lowest BCUT2D eigenvalue weighted by atomic mass is 9.88. The maximum atomic E-state index is 9.74. The number of allylic oxidation sites excluding steroid dienone is 1. The predicted molar refractivity (Wildman–Crippen MR) is 111 cm³/mol. The lowest BCUT2D eigenvalue weighted by Gasteiger charge is -2.22. The molecular weight excluding hydrogens is 384 g/mol. The maximum absolute atomic E-state index is 9.74. The van der Waals surface area contributed by atoms with Crippen LogP contribution < -0.4 is 10.5 Å². The molecule has 0 saturated heterocycles. The number of hydrogen-bond donors (Lipinski definition) is 2. The molecule has 0 unspecified atom stereocenters. The quantitative estimate of drug-likeness (QED) is 0.543. The molecule has 4 aromatic rings. The van der Waals surface area contributed by atoms with Crippen molar-refractivity contribution in [2.75, 3.05) is 0 Å². The minimum absolute atomic E-state index is 0.115. The zero-order chi connectivity index (χ0) is 20.1. The highest BCUT2D eigenvalue weighted by molar-refractivity contribution is 7.12. The summed E-state index contributed by atoms with van der Waals surface area (Å²) in [4.78, 5) is 6.73. The second-order valence-corrected chi connectivity index (χ2v) is 8.37. The molecule has 0 spiro atoms. The minimum Gasteiger partial charge on any atom is -0.420 e. The monoisotopic (exact) mass is 402 g/mol. The first-order valence-electron chi connectivity index (χ1n) is 9.18. The fraction of sp³-hybridized carbons (Fsp3) is 0.190. The van der Waals surface area contributed by atoms with Crippen LogP contribution in [0.3, 0.4) is 0 Å². The summed E-state index contributed by atoms with van der Waals surface area (Å²) in [6.07, 6.45) is 1.87. The molecule has 0 amide bonds. The van der Waals surface area contributed by atoms with Crippen molar-refractivity contribution in [3.8, 4) is 11.9 Å². The molecule has 0 radical (unpaired) electrons. The SMILES string of the molecule is Cc1[nH]nc2c1[C@@H](c1cc(Cn3cnc4ccccc43)c(C)s1)C(C#N)=C(N)O2. The Kier molecular flexibility index (Phi) is 3.93. The number of nitrogens with two attached hydrogens (primary N) is 1. The van der Waals surface area contributed by atoms with Crippen LogP contribution in [0, 0.1) is 25.2 Å². The first kappa shape index (κ1) is 17.5. The number of hydrogen-bond acceptors (Lipinski definition) is 6. The molecule has 3 N–H and O–H groups in total. The highest BCUT2D eigenvalue weighted by Gasteiger charge is 2.35. The zero-order valence-electron chi connectivity index (χ0n) is 15.9. The van der Waals surface area contributed by atoms with Crippen molar-refractivity contribution in [2.24, 2.45) is 5.73 Å². The number of nitrogens with zero attached hydrogens (tertiary/aromatic N) is 4. The molecular formula is C21H18N6OS. The smallest absolute Gasteiger partial charge is 0.244 e. The van der Waals surface area contributed by atoms with Crippen molar-refractivity contribution in [1.29, 1.82) is 5.26 Å². The average molecular weight is 402 g/mol. The number of ether oxygens (including phenoxy) is 1. The van der Waals surface area contributed by atoms with Crippen LogP contribution in [0.2, 0.25) is 0 Å². The van der Waals surface area contributed by atoms with Gasteiger partial charge in [-0.2, -0.15) is 5.26 Å². The largest absolute Gasteiger partial charge is 0.420 e. The van der Waals surface area contributed by atoms with Gasteiger partial charge in [-0.05, 0) is 37.6 Å². The van der Waals surface area contributed by atoms with Gasteiger partial charge in [-0.3, -0.25) is 5.10 Å². The van der Waals surface area contributed by atoms with Gasteiger partial charge in [0.2, 0.25) is 11.8 Å². The van der Waals surface area contributed by atoms with Crippen LogP contribution in [0.15, 0.2) is 48.1 Å². The number of para-hydroxylation sites is 2. The molecule has 0 aliphatic carbocycles. The van der Waals surface area contributed by atoms with E-state index in [1.54, 1.807) is 11.3 Å². The van der Waals surface area contributed by atoms with Crippen LogP contribution >= 0.6 is 11.3 Å². The number of rotatable bonds is 3. The summed E-state index contributed by atoms with van der Waals surface area (Å²) in [5.74, 6) is 0.279. The standard InChI is InChI=1S/C21H18N6OS/c1-11-18-19(14(8-22)20(23)28-21(18)26-25-11)17-7-13(12(2)29-17)9-27-10-24-15-5-3-4-6-16(15)27/h3-7,10,19H,9,23H2,1-2H3,(H,25,26)/t19-/m1/s1. The summed E-state index contributed by atoms with van der Waals surface area (Å²) < 4.78 is 7.70. The summed E-state index contributed by atoms with van der Waals surface area (Å²) in [6.45, 7) is 4.74.